The molecule has 0 radical (unpaired) electrons. The minimum atomic E-state index is -2.53. The maximum Gasteiger partial charge on any atom is 0.217 e. The average molecular weight is 1880 g/mol. The molecule has 0 aromatic carbocycles. The quantitative estimate of drug-likeness (QED) is 0.0306. The van der Waals surface area contributed by atoms with E-state index in [1.807, 2.05) is 0 Å². The van der Waals surface area contributed by atoms with E-state index in [4.69, 9.17) is 99.5 Å². The van der Waals surface area contributed by atoms with Crippen molar-refractivity contribution in [1.29, 1.82) is 0 Å². The average Bonchev–Trinajstić information content (AvgIpc) is 0.760. The van der Waals surface area contributed by atoms with Crippen LogP contribution in [0.15, 0.2) is 0 Å². The summed E-state index contributed by atoms with van der Waals surface area (Å²) in [7, 11) is 0. The Bertz CT molecular complexity index is 3460. The number of carbonyl (C=O) groups is 3. The van der Waals surface area contributed by atoms with E-state index in [0.717, 1.165) is 20.8 Å². The highest BCUT2D eigenvalue weighted by atomic mass is 16.8. The summed E-state index contributed by atoms with van der Waals surface area (Å²) >= 11 is 0. The molecule has 1 unspecified atom stereocenters. The van der Waals surface area contributed by atoms with E-state index in [1.165, 1.54) is 20.8 Å². The van der Waals surface area contributed by atoms with Crippen LogP contribution in [0.2, 0.25) is 0 Å². The van der Waals surface area contributed by atoms with Gasteiger partial charge in [-0.15, -0.1) is 0 Å². The monoisotopic (exact) mass is 1880 g/mol. The van der Waals surface area contributed by atoms with E-state index in [2.05, 4.69) is 16.0 Å². The van der Waals surface area contributed by atoms with E-state index in [-0.39, 0.29) is 0 Å². The van der Waals surface area contributed by atoms with Gasteiger partial charge in [-0.3, -0.25) is 14.4 Å². The summed E-state index contributed by atoms with van der Waals surface area (Å²) in [5.41, 5.74) is 0. The van der Waals surface area contributed by atoms with E-state index < -0.39 is 408 Å². The number of hydrogen-bond donors (Lipinski definition) is 32. The predicted molar refractivity (Wildman–Crippen MR) is 393 cm³/mol. The Hall–Kier alpha value is -3.59. The summed E-state index contributed by atoms with van der Waals surface area (Å²) < 4.78 is 127. The fourth-order valence-corrected chi connectivity index (χ4v) is 16.9. The number of ether oxygens (including phenoxy) is 21. The van der Waals surface area contributed by atoms with Gasteiger partial charge in [0.25, 0.3) is 0 Å². The molecule has 0 saturated carbocycles. The minimum Gasteiger partial charge on any atom is -0.394 e. The Balaban J connectivity index is 0.936. The highest BCUT2D eigenvalue weighted by Crippen LogP contribution is 2.43. The van der Waals surface area contributed by atoms with Crippen LogP contribution in [0.4, 0.5) is 0 Å². The minimum absolute atomic E-state index is 0.901. The molecule has 742 valence electrons. The molecule has 0 spiro atoms. The van der Waals surface area contributed by atoms with E-state index in [0.29, 0.717) is 0 Å². The molecule has 0 aliphatic carbocycles. The second kappa shape index (κ2) is 45.1. The zero-order valence-corrected chi connectivity index (χ0v) is 69.2. The first-order chi connectivity index (χ1) is 60.5. The Labute approximate surface area is 725 Å². The first-order valence-corrected chi connectivity index (χ1v) is 41.2. The zero-order valence-electron chi connectivity index (χ0n) is 69.2. The highest BCUT2D eigenvalue weighted by molar-refractivity contribution is 5.74. The van der Waals surface area contributed by atoms with Crippen LogP contribution >= 0.6 is 0 Å². The molecule has 32 N–H and O–H groups in total. The van der Waals surface area contributed by atoms with Gasteiger partial charge in [0.15, 0.2) is 69.2 Å². The fourth-order valence-electron chi connectivity index (χ4n) is 16.9. The number of amides is 3. The van der Waals surface area contributed by atoms with Gasteiger partial charge in [-0.25, -0.2) is 0 Å². The molecule has 11 aliphatic rings. The summed E-state index contributed by atoms with van der Waals surface area (Å²) in [5.74, 6) is -3.07. The van der Waals surface area contributed by atoms with E-state index in [1.54, 1.807) is 0 Å². The molecule has 55 atom stereocenters. The molecular weight excluding hydrogens is 1750 g/mol. The Morgan fingerprint density at radius 3 is 0.773 bits per heavy atom. The van der Waals surface area contributed by atoms with Crippen molar-refractivity contribution in [3.63, 3.8) is 0 Å². The van der Waals surface area contributed by atoms with Crippen molar-refractivity contribution in [2.45, 2.75) is 379 Å². The molecule has 0 aromatic heterocycles. The summed E-state index contributed by atoms with van der Waals surface area (Å²) in [6.07, 6.45) is -108. The number of rotatable bonds is 31. The first-order valence-electron chi connectivity index (χ1n) is 41.2. The molecule has 0 bridgehead atoms. The molecule has 3 amide bonds. The van der Waals surface area contributed by atoms with Gasteiger partial charge in [-0.2, -0.15) is 0 Å². The van der Waals surface area contributed by atoms with Crippen LogP contribution in [0.3, 0.4) is 0 Å². The molecule has 128 heavy (non-hydrogen) atoms. The summed E-state index contributed by atoms with van der Waals surface area (Å²) in [6, 6.07) is -6.14. The Morgan fingerprint density at radius 2 is 0.453 bits per heavy atom. The summed E-state index contributed by atoms with van der Waals surface area (Å²) in [6.45, 7) is -2.94. The largest absolute Gasteiger partial charge is 0.394 e. The molecular formula is C72H121N3O53. The van der Waals surface area contributed by atoms with Gasteiger partial charge in [0.05, 0.1) is 71.2 Å². The third-order valence-electron chi connectivity index (χ3n) is 24.1. The van der Waals surface area contributed by atoms with Crippen LogP contribution in [-0.2, 0) is 114 Å². The second-order valence-corrected chi connectivity index (χ2v) is 33.0. The lowest BCUT2D eigenvalue weighted by Gasteiger charge is -2.52. The van der Waals surface area contributed by atoms with Crippen molar-refractivity contribution in [2.24, 2.45) is 0 Å². The topological polar surface area (TPSA) is 868 Å². The van der Waals surface area contributed by atoms with Gasteiger partial charge in [-0.1, -0.05) is 0 Å². The highest BCUT2D eigenvalue weighted by Gasteiger charge is 2.63. The van der Waals surface area contributed by atoms with Gasteiger partial charge in [0.1, 0.15) is 250 Å². The van der Waals surface area contributed by atoms with Crippen LogP contribution in [-0.4, -0.2) is 556 Å². The number of aliphatic hydroxyl groups is 29. The van der Waals surface area contributed by atoms with Crippen molar-refractivity contribution in [3.05, 3.63) is 0 Å². The van der Waals surface area contributed by atoms with Crippen molar-refractivity contribution >= 4 is 17.7 Å². The van der Waals surface area contributed by atoms with Crippen LogP contribution < -0.4 is 16.0 Å². The maximum atomic E-state index is 13.8. The Morgan fingerprint density at radius 1 is 0.219 bits per heavy atom. The summed E-state index contributed by atoms with van der Waals surface area (Å²) in [4.78, 5) is 40.8. The first kappa shape index (κ1) is 105. The standard InChI is InChI=1S/C72H121N3O53/c1-15-32(86)39(93)46(100)66(109-15)121-55-26(12-81)117-65(31(75-20(6)85)59(55)126-70-50(104)43(97)36(90)22(8-77)114-70)128-61-38(92)28(119-72(52(61)106)120-53-24(10-79)112-62(107)45(99)44(53)98)14-108-63-29(73-18(4)83)57(124-67-47(101)40(94)33(87)16(2)110-67)54(25(11-80)116-63)123-71-51(105)60(37(91)23(9-78)115-71)127-64-30(74-19(5)84)58(125-68-48(102)41(95)34(88)17(3)111-68)56(27(13-82)118-64)122-69-49(103)42(96)35(89)21(7-76)113-69/h15-17,21-72,76-82,86-107H,7-14H2,1-6H3,(H,73,83)(H,74,84)(H,75,85)/t15-,16-,17-,21+,22+,23+,24+,25+,26+,27+,28+,29+,30+,31+,32+,33+,34+,35-,36-,37-,38-,39+,40+,41+,42-,43-,44+,45+,46-,47-,48-,49+,50+,51+,52+,53+,54+,55+,56+,57+,58+,59+,60-,61-,62?,63+,64-,65-,66-,67-,68-,69-,70-,71-,72-/m0/s1. The SMILES string of the molecule is CC(=O)N[C@H]1[C@H](O[C@H]2[C@@H](O)[C@@H](CO[C@@H]3O[C@H](CO)[C@@H](O[C@@H]4O[C@H](CO)[C@H](O)[C@H](O[C@@H]5O[C@H](CO)[C@@H](O[C@@H]6O[C@H](CO)[C@H](O)[C@H](O)[C@H]6O)[C@H](O[C@@H]6O[C@@H](C)[C@@H](O)[C@@H](O)[C@@H]6O)[C@H]5NC(C)=O)[C@H]4O)[C@H](O[C@@H]4O[C@@H](C)[C@@H](O)[C@@H](O)[C@@H]4O)[C@H]3NC(C)=O)O[C@@H](O[C@H]3[C@H](O)[C@@H](O)C(O)O[C@@H]3CO)[C@@H]2O)O[C@H](CO)[C@@H](O[C@@H]2O[C@@H](C)[C@@H](O)[C@@H](O)[C@@H]2O)[C@@H]1O[C@@H]1O[C@H](CO)[C@H](O)[C@H](O)[C@H]1O. The molecule has 56 nitrogen and oxygen atoms in total. The van der Waals surface area contributed by atoms with Crippen LogP contribution in [0.25, 0.3) is 0 Å². The molecule has 11 saturated heterocycles. The predicted octanol–water partition coefficient (Wildman–Crippen LogP) is -21.5. The van der Waals surface area contributed by atoms with Crippen molar-refractivity contribution in [2.75, 3.05) is 52.9 Å². The molecule has 0 aromatic rings. The molecule has 56 heteroatoms. The fraction of sp³-hybridized carbons (Fsp3) is 0.958. The van der Waals surface area contributed by atoms with Gasteiger partial charge < -0.3 is 264 Å². The maximum absolute atomic E-state index is 13.8. The van der Waals surface area contributed by atoms with Gasteiger partial charge in [-0.05, 0) is 20.8 Å². The van der Waals surface area contributed by atoms with E-state index >= 15 is 0 Å². The zero-order chi connectivity index (χ0) is 94.1. The van der Waals surface area contributed by atoms with Crippen molar-refractivity contribution in [1.82, 2.24) is 16.0 Å². The number of aliphatic hydroxyl groups excluding tert-OH is 29. The van der Waals surface area contributed by atoms with Crippen LogP contribution in [0, 0.1) is 0 Å². The molecule has 11 rings (SSSR count). The van der Waals surface area contributed by atoms with Crippen molar-refractivity contribution < 1.29 is 262 Å². The molecule has 11 fully saturated rings. The Kier molecular flexibility index (Phi) is 37.0. The smallest absolute Gasteiger partial charge is 0.217 e. The third-order valence-corrected chi connectivity index (χ3v) is 24.1. The second-order valence-electron chi connectivity index (χ2n) is 33.0. The summed E-state index contributed by atoms with van der Waals surface area (Å²) in [5, 5.41) is 331. The number of nitrogens with one attached hydrogen (secondary N) is 3. The number of carbonyl (C=O) groups excluding carboxylic acids is 3. The molecule has 11 heterocycles. The number of hydrogen-bond acceptors (Lipinski definition) is 53. The van der Waals surface area contributed by atoms with Gasteiger partial charge in [0.2, 0.25) is 17.7 Å². The normalized spacial score (nSPS) is 51.6. The van der Waals surface area contributed by atoms with Crippen molar-refractivity contribution in [3.8, 4) is 0 Å². The van der Waals surface area contributed by atoms with Gasteiger partial charge in [0, 0.05) is 20.8 Å². The lowest BCUT2D eigenvalue weighted by Crippen LogP contribution is -2.72. The van der Waals surface area contributed by atoms with Crippen LogP contribution in [0.5, 0.6) is 0 Å². The van der Waals surface area contributed by atoms with Gasteiger partial charge >= 0.3 is 0 Å². The lowest BCUT2D eigenvalue weighted by molar-refractivity contribution is -0.397. The molecule has 11 aliphatic heterocycles. The van der Waals surface area contributed by atoms with E-state index in [9.17, 15) is 162 Å². The van der Waals surface area contributed by atoms with Crippen LogP contribution in [0.1, 0.15) is 41.5 Å². The lowest BCUT2D eigenvalue weighted by atomic mass is 9.93. The third kappa shape index (κ3) is 22.5.